The third-order valence-corrected chi connectivity index (χ3v) is 3.80. The fraction of sp³-hybridized carbons (Fsp3) is 0.923. The number of carbonyl (C=O) groups excluding carboxylic acids is 1. The molecule has 16 heavy (non-hydrogen) atoms. The lowest BCUT2D eigenvalue weighted by Crippen LogP contribution is -2.44. The van der Waals surface area contributed by atoms with Gasteiger partial charge in [-0.2, -0.15) is 0 Å². The van der Waals surface area contributed by atoms with E-state index >= 15 is 0 Å². The minimum absolute atomic E-state index is 0.0110. The molecule has 0 aromatic rings. The van der Waals surface area contributed by atoms with Crippen molar-refractivity contribution in [3.63, 3.8) is 0 Å². The molecule has 1 atom stereocenters. The third kappa shape index (κ3) is 2.97. The van der Waals surface area contributed by atoms with Crippen molar-refractivity contribution in [3.8, 4) is 0 Å². The van der Waals surface area contributed by atoms with E-state index in [0.717, 1.165) is 13.1 Å². The Balaban J connectivity index is 1.96. The summed E-state index contributed by atoms with van der Waals surface area (Å²) < 4.78 is 4.96. The fourth-order valence-corrected chi connectivity index (χ4v) is 2.72. The summed E-state index contributed by atoms with van der Waals surface area (Å²) in [5, 5.41) is 0. The van der Waals surface area contributed by atoms with E-state index in [0.29, 0.717) is 5.92 Å². The van der Waals surface area contributed by atoms with Crippen LogP contribution in [0.1, 0.15) is 44.9 Å². The molecule has 92 valence electrons. The molecule has 1 unspecified atom stereocenters. The van der Waals surface area contributed by atoms with Crippen LogP contribution in [0.25, 0.3) is 0 Å². The Labute approximate surface area is 98.1 Å². The summed E-state index contributed by atoms with van der Waals surface area (Å²) in [5.41, 5.74) is 0. The SMILES string of the molecule is COC(=O)C(C1CC1)N1CCCCCCC1. The van der Waals surface area contributed by atoms with E-state index in [1.807, 2.05) is 0 Å². The third-order valence-electron chi connectivity index (χ3n) is 3.80. The minimum Gasteiger partial charge on any atom is -0.468 e. The number of nitrogens with zero attached hydrogens (tertiary/aromatic N) is 1. The van der Waals surface area contributed by atoms with Crippen molar-refractivity contribution in [2.24, 2.45) is 5.92 Å². The van der Waals surface area contributed by atoms with Crippen molar-refractivity contribution >= 4 is 5.97 Å². The lowest BCUT2D eigenvalue weighted by atomic mass is 10.0. The zero-order valence-corrected chi connectivity index (χ0v) is 10.3. The summed E-state index contributed by atoms with van der Waals surface area (Å²) in [6.45, 7) is 2.16. The largest absolute Gasteiger partial charge is 0.468 e. The summed E-state index contributed by atoms with van der Waals surface area (Å²) in [6, 6.07) is 0.0584. The van der Waals surface area contributed by atoms with Gasteiger partial charge >= 0.3 is 5.97 Å². The van der Waals surface area contributed by atoms with Crippen LogP contribution in [0.4, 0.5) is 0 Å². The van der Waals surface area contributed by atoms with Gasteiger partial charge in [-0.05, 0) is 44.7 Å². The Morgan fingerprint density at radius 1 is 1.12 bits per heavy atom. The summed E-state index contributed by atoms with van der Waals surface area (Å²) >= 11 is 0. The smallest absolute Gasteiger partial charge is 0.323 e. The zero-order chi connectivity index (χ0) is 11.4. The molecule has 1 aliphatic heterocycles. The molecule has 1 saturated heterocycles. The number of hydrogen-bond acceptors (Lipinski definition) is 3. The van der Waals surface area contributed by atoms with Gasteiger partial charge < -0.3 is 4.74 Å². The van der Waals surface area contributed by atoms with Gasteiger partial charge in [-0.15, -0.1) is 0 Å². The monoisotopic (exact) mass is 225 g/mol. The van der Waals surface area contributed by atoms with Crippen LogP contribution in [0.3, 0.4) is 0 Å². The first-order valence-corrected chi connectivity index (χ1v) is 6.65. The molecule has 3 nitrogen and oxygen atoms in total. The predicted molar refractivity (Wildman–Crippen MR) is 63.2 cm³/mol. The first kappa shape index (κ1) is 11.9. The van der Waals surface area contributed by atoms with Crippen LogP contribution in [0, 0.1) is 5.92 Å². The normalized spacial score (nSPS) is 25.6. The quantitative estimate of drug-likeness (QED) is 0.690. The van der Waals surface area contributed by atoms with Crippen molar-refractivity contribution < 1.29 is 9.53 Å². The number of likely N-dealkylation sites (tertiary alicyclic amines) is 1. The molecule has 0 aromatic carbocycles. The Morgan fingerprint density at radius 2 is 1.69 bits per heavy atom. The molecule has 0 bridgehead atoms. The van der Waals surface area contributed by atoms with Crippen LogP contribution in [0.15, 0.2) is 0 Å². The Kier molecular flexibility index (Phi) is 4.22. The summed E-state index contributed by atoms with van der Waals surface area (Å²) in [7, 11) is 1.52. The maximum atomic E-state index is 11.8. The highest BCUT2D eigenvalue weighted by Crippen LogP contribution is 2.36. The second kappa shape index (κ2) is 5.67. The van der Waals surface area contributed by atoms with Gasteiger partial charge in [-0.25, -0.2) is 0 Å². The van der Waals surface area contributed by atoms with Crippen LogP contribution >= 0.6 is 0 Å². The van der Waals surface area contributed by atoms with Crippen molar-refractivity contribution in [3.05, 3.63) is 0 Å². The van der Waals surface area contributed by atoms with Gasteiger partial charge in [0.05, 0.1) is 7.11 Å². The van der Waals surface area contributed by atoms with Crippen LogP contribution in [0.2, 0.25) is 0 Å². The van der Waals surface area contributed by atoms with E-state index in [1.54, 1.807) is 0 Å². The number of methoxy groups -OCH3 is 1. The van der Waals surface area contributed by atoms with E-state index in [4.69, 9.17) is 4.74 Å². The number of ether oxygens (including phenoxy) is 1. The molecular weight excluding hydrogens is 202 g/mol. The average Bonchev–Trinajstić information content (AvgIpc) is 3.05. The minimum atomic E-state index is -0.0110. The van der Waals surface area contributed by atoms with Crippen molar-refractivity contribution in [2.75, 3.05) is 20.2 Å². The maximum absolute atomic E-state index is 11.8. The van der Waals surface area contributed by atoms with E-state index in [9.17, 15) is 4.79 Å². The highest BCUT2D eigenvalue weighted by atomic mass is 16.5. The lowest BCUT2D eigenvalue weighted by molar-refractivity contribution is -0.148. The first-order chi connectivity index (χ1) is 7.83. The molecule has 2 fully saturated rings. The standard InChI is InChI=1S/C13H23NO2/c1-16-13(15)12(11-7-8-11)14-9-5-3-2-4-6-10-14/h11-12H,2-10H2,1H3. The number of esters is 1. The highest BCUT2D eigenvalue weighted by Gasteiger charge is 2.40. The number of rotatable bonds is 3. The van der Waals surface area contributed by atoms with Crippen LogP contribution in [-0.2, 0) is 9.53 Å². The van der Waals surface area contributed by atoms with E-state index < -0.39 is 0 Å². The zero-order valence-electron chi connectivity index (χ0n) is 10.3. The topological polar surface area (TPSA) is 29.5 Å². The van der Waals surface area contributed by atoms with Gasteiger partial charge in [0.2, 0.25) is 0 Å². The average molecular weight is 225 g/mol. The lowest BCUT2D eigenvalue weighted by Gasteiger charge is -2.31. The van der Waals surface area contributed by atoms with Crippen LogP contribution < -0.4 is 0 Å². The molecule has 2 rings (SSSR count). The summed E-state index contributed by atoms with van der Waals surface area (Å²) in [4.78, 5) is 14.2. The van der Waals surface area contributed by atoms with E-state index in [1.165, 1.54) is 52.1 Å². The second-order valence-corrected chi connectivity index (χ2v) is 5.11. The van der Waals surface area contributed by atoms with Crippen LogP contribution in [0.5, 0.6) is 0 Å². The molecule has 1 aliphatic carbocycles. The van der Waals surface area contributed by atoms with Crippen molar-refractivity contribution in [2.45, 2.75) is 51.0 Å². The molecule has 1 heterocycles. The molecule has 3 heteroatoms. The second-order valence-electron chi connectivity index (χ2n) is 5.11. The molecule has 1 saturated carbocycles. The molecule has 0 amide bonds. The van der Waals surface area contributed by atoms with Crippen molar-refractivity contribution in [1.82, 2.24) is 4.90 Å². The molecule has 0 radical (unpaired) electrons. The van der Waals surface area contributed by atoms with E-state index in [2.05, 4.69) is 4.90 Å². The van der Waals surface area contributed by atoms with Gasteiger partial charge in [-0.1, -0.05) is 19.3 Å². The Morgan fingerprint density at radius 3 is 2.19 bits per heavy atom. The predicted octanol–water partition coefficient (Wildman–Crippen LogP) is 2.20. The number of hydrogen-bond donors (Lipinski definition) is 0. The molecule has 0 aromatic heterocycles. The van der Waals surface area contributed by atoms with Gasteiger partial charge in [0.1, 0.15) is 6.04 Å². The van der Waals surface area contributed by atoms with Gasteiger partial charge in [0, 0.05) is 0 Å². The van der Waals surface area contributed by atoms with E-state index in [-0.39, 0.29) is 12.0 Å². The molecular formula is C13H23NO2. The summed E-state index contributed by atoms with van der Waals surface area (Å²) in [6.07, 6.45) is 8.87. The first-order valence-electron chi connectivity index (χ1n) is 6.65. The van der Waals surface area contributed by atoms with Crippen LogP contribution in [-0.4, -0.2) is 37.1 Å². The Bertz CT molecular complexity index is 230. The van der Waals surface area contributed by atoms with Gasteiger partial charge in [0.25, 0.3) is 0 Å². The summed E-state index contributed by atoms with van der Waals surface area (Å²) in [5.74, 6) is 0.565. The molecule has 0 spiro atoms. The highest BCUT2D eigenvalue weighted by molar-refractivity contribution is 5.76. The van der Waals surface area contributed by atoms with Gasteiger partial charge in [0.15, 0.2) is 0 Å². The maximum Gasteiger partial charge on any atom is 0.323 e. The van der Waals surface area contributed by atoms with Crippen molar-refractivity contribution in [1.29, 1.82) is 0 Å². The fourth-order valence-electron chi connectivity index (χ4n) is 2.72. The Hall–Kier alpha value is -0.570. The number of carbonyl (C=O) groups is 1. The molecule has 0 N–H and O–H groups in total. The molecule has 2 aliphatic rings. The van der Waals surface area contributed by atoms with Gasteiger partial charge in [-0.3, -0.25) is 9.69 Å².